The normalized spacial score (nSPS) is 11.0. The van der Waals surface area contributed by atoms with Gasteiger partial charge < -0.3 is 10.1 Å². The lowest BCUT2D eigenvalue weighted by Crippen LogP contribution is -2.02. The second-order valence-electron chi connectivity index (χ2n) is 4.26. The molecule has 0 spiro atoms. The molecule has 8 nitrogen and oxygen atoms in total. The SMILES string of the molecule is COc1ccc(Nc2ccc(S(=O)(=O)O)cc2[N+](=O)[O-])cc1. The van der Waals surface area contributed by atoms with E-state index in [-0.39, 0.29) is 5.69 Å². The fourth-order valence-corrected chi connectivity index (χ4v) is 2.26. The maximum Gasteiger partial charge on any atom is 0.294 e. The summed E-state index contributed by atoms with van der Waals surface area (Å²) in [5.41, 5.74) is 0.192. The summed E-state index contributed by atoms with van der Waals surface area (Å²) in [4.78, 5) is 9.78. The van der Waals surface area contributed by atoms with Crippen LogP contribution in [0.25, 0.3) is 0 Å². The van der Waals surface area contributed by atoms with Crippen LogP contribution in [-0.4, -0.2) is 25.0 Å². The third-order valence-electron chi connectivity index (χ3n) is 2.83. The predicted molar refractivity (Wildman–Crippen MR) is 79.2 cm³/mol. The van der Waals surface area contributed by atoms with Crippen molar-refractivity contribution in [3.05, 3.63) is 52.6 Å². The van der Waals surface area contributed by atoms with E-state index in [4.69, 9.17) is 9.29 Å². The number of nitrogens with one attached hydrogen (secondary N) is 1. The van der Waals surface area contributed by atoms with Crippen LogP contribution in [0.15, 0.2) is 47.4 Å². The van der Waals surface area contributed by atoms with E-state index >= 15 is 0 Å². The van der Waals surface area contributed by atoms with E-state index in [2.05, 4.69) is 5.32 Å². The molecule has 0 atom stereocenters. The van der Waals surface area contributed by atoms with Gasteiger partial charge in [-0.2, -0.15) is 8.42 Å². The van der Waals surface area contributed by atoms with Crippen molar-refractivity contribution in [3.63, 3.8) is 0 Å². The lowest BCUT2D eigenvalue weighted by Gasteiger charge is -2.08. The van der Waals surface area contributed by atoms with Gasteiger partial charge in [0.25, 0.3) is 15.8 Å². The first-order valence-corrected chi connectivity index (χ1v) is 7.42. The Morgan fingerprint density at radius 3 is 2.32 bits per heavy atom. The minimum absolute atomic E-state index is 0.0996. The van der Waals surface area contributed by atoms with Gasteiger partial charge in [0.15, 0.2) is 0 Å². The van der Waals surface area contributed by atoms with Crippen LogP contribution >= 0.6 is 0 Å². The first-order valence-electron chi connectivity index (χ1n) is 5.98. The molecule has 2 rings (SSSR count). The Kier molecular flexibility index (Phi) is 4.29. The van der Waals surface area contributed by atoms with E-state index in [0.717, 1.165) is 12.1 Å². The van der Waals surface area contributed by atoms with Gasteiger partial charge in [-0.3, -0.25) is 14.7 Å². The van der Waals surface area contributed by atoms with Crippen LogP contribution in [-0.2, 0) is 10.1 Å². The summed E-state index contributed by atoms with van der Waals surface area (Å²) in [5.74, 6) is 0.627. The molecule has 0 bridgehead atoms. The molecule has 116 valence electrons. The Labute approximate surface area is 126 Å². The molecule has 0 saturated carbocycles. The Balaban J connectivity index is 2.39. The van der Waals surface area contributed by atoms with E-state index in [1.807, 2.05) is 0 Å². The molecule has 0 aliphatic heterocycles. The summed E-state index contributed by atoms with van der Waals surface area (Å²) < 4.78 is 36.0. The summed E-state index contributed by atoms with van der Waals surface area (Å²) >= 11 is 0. The number of rotatable bonds is 5. The highest BCUT2D eigenvalue weighted by Gasteiger charge is 2.19. The van der Waals surface area contributed by atoms with E-state index in [0.29, 0.717) is 11.4 Å². The number of benzene rings is 2. The van der Waals surface area contributed by atoms with Gasteiger partial charge in [-0.05, 0) is 36.4 Å². The smallest absolute Gasteiger partial charge is 0.294 e. The van der Waals surface area contributed by atoms with Crippen LogP contribution in [0.5, 0.6) is 5.75 Å². The van der Waals surface area contributed by atoms with Gasteiger partial charge in [-0.15, -0.1) is 0 Å². The highest BCUT2D eigenvalue weighted by molar-refractivity contribution is 7.85. The fraction of sp³-hybridized carbons (Fsp3) is 0.0769. The number of hydrogen-bond acceptors (Lipinski definition) is 6. The van der Waals surface area contributed by atoms with Crippen LogP contribution < -0.4 is 10.1 Å². The van der Waals surface area contributed by atoms with Crippen molar-refractivity contribution >= 4 is 27.2 Å². The van der Waals surface area contributed by atoms with Crippen LogP contribution in [0.4, 0.5) is 17.1 Å². The summed E-state index contributed by atoms with van der Waals surface area (Å²) in [6.07, 6.45) is 0. The van der Waals surface area contributed by atoms with Crippen molar-refractivity contribution in [2.24, 2.45) is 0 Å². The molecule has 22 heavy (non-hydrogen) atoms. The highest BCUT2D eigenvalue weighted by atomic mass is 32.2. The Bertz CT molecular complexity index is 802. The van der Waals surface area contributed by atoms with E-state index in [1.54, 1.807) is 24.3 Å². The van der Waals surface area contributed by atoms with Gasteiger partial charge in [0, 0.05) is 11.8 Å². The lowest BCUT2D eigenvalue weighted by molar-refractivity contribution is -0.384. The van der Waals surface area contributed by atoms with Crippen molar-refractivity contribution in [1.82, 2.24) is 0 Å². The molecular formula is C13H12N2O6S. The first kappa shape index (κ1) is 15.7. The van der Waals surface area contributed by atoms with Crippen molar-refractivity contribution < 1.29 is 22.6 Å². The number of nitro benzene ring substituents is 1. The second-order valence-corrected chi connectivity index (χ2v) is 5.69. The molecule has 0 amide bonds. The van der Waals surface area contributed by atoms with Gasteiger partial charge in [0.2, 0.25) is 0 Å². The standard InChI is InChI=1S/C13H12N2O6S/c1-21-10-4-2-9(3-5-10)14-12-7-6-11(22(18,19)20)8-13(12)15(16)17/h2-8,14H,1H3,(H,18,19,20). The zero-order valence-electron chi connectivity index (χ0n) is 11.4. The van der Waals surface area contributed by atoms with Crippen LogP contribution in [0, 0.1) is 10.1 Å². The third-order valence-corrected chi connectivity index (χ3v) is 3.68. The lowest BCUT2D eigenvalue weighted by atomic mass is 10.2. The van der Waals surface area contributed by atoms with Crippen molar-refractivity contribution in [1.29, 1.82) is 0 Å². The van der Waals surface area contributed by atoms with Crippen LogP contribution in [0.3, 0.4) is 0 Å². The van der Waals surface area contributed by atoms with Crippen LogP contribution in [0.1, 0.15) is 0 Å². The highest BCUT2D eigenvalue weighted by Crippen LogP contribution is 2.30. The van der Waals surface area contributed by atoms with Crippen molar-refractivity contribution in [2.75, 3.05) is 12.4 Å². The number of methoxy groups -OCH3 is 1. The summed E-state index contributed by atoms with van der Waals surface area (Å²) in [5, 5.41) is 13.9. The minimum atomic E-state index is -4.51. The zero-order chi connectivity index (χ0) is 16.3. The van der Waals surface area contributed by atoms with Gasteiger partial charge in [-0.25, -0.2) is 0 Å². The van der Waals surface area contributed by atoms with Crippen LogP contribution in [0.2, 0.25) is 0 Å². The molecule has 2 aromatic rings. The Morgan fingerprint density at radius 2 is 1.82 bits per heavy atom. The molecule has 0 saturated heterocycles. The maximum atomic E-state index is 11.1. The van der Waals surface area contributed by atoms with E-state index in [1.165, 1.54) is 13.2 Å². The van der Waals surface area contributed by atoms with E-state index < -0.39 is 25.6 Å². The molecular weight excluding hydrogens is 312 g/mol. The molecule has 0 aliphatic rings. The third kappa shape index (κ3) is 3.51. The number of ether oxygens (including phenoxy) is 1. The summed E-state index contributed by atoms with van der Waals surface area (Å²) in [6, 6.07) is 9.72. The van der Waals surface area contributed by atoms with Gasteiger partial charge in [0.05, 0.1) is 12.0 Å². The number of anilines is 2. The predicted octanol–water partition coefficient (Wildman–Crippen LogP) is 2.59. The Hall–Kier alpha value is -2.65. The molecule has 0 aromatic heterocycles. The van der Waals surface area contributed by atoms with Gasteiger partial charge in [-0.1, -0.05) is 0 Å². The summed E-state index contributed by atoms with van der Waals surface area (Å²) in [7, 11) is -2.99. The maximum absolute atomic E-state index is 11.1. The quantitative estimate of drug-likeness (QED) is 0.493. The molecule has 0 unspecified atom stereocenters. The molecule has 2 N–H and O–H groups in total. The molecule has 9 heteroatoms. The van der Waals surface area contributed by atoms with Gasteiger partial charge in [0.1, 0.15) is 16.3 Å². The fourth-order valence-electron chi connectivity index (χ4n) is 1.76. The van der Waals surface area contributed by atoms with Gasteiger partial charge >= 0.3 is 0 Å². The average molecular weight is 324 g/mol. The second kappa shape index (κ2) is 6.00. The van der Waals surface area contributed by atoms with Crippen molar-refractivity contribution in [2.45, 2.75) is 4.90 Å². The number of nitro groups is 1. The monoisotopic (exact) mass is 324 g/mol. The van der Waals surface area contributed by atoms with Crippen molar-refractivity contribution in [3.8, 4) is 5.75 Å². The Morgan fingerprint density at radius 1 is 1.18 bits per heavy atom. The topological polar surface area (TPSA) is 119 Å². The molecule has 0 radical (unpaired) electrons. The minimum Gasteiger partial charge on any atom is -0.497 e. The number of nitrogens with zero attached hydrogens (tertiary/aromatic N) is 1. The van der Waals surface area contributed by atoms with E-state index in [9.17, 15) is 18.5 Å². The largest absolute Gasteiger partial charge is 0.497 e. The molecule has 0 aliphatic carbocycles. The zero-order valence-corrected chi connectivity index (χ0v) is 12.2. The summed E-state index contributed by atoms with van der Waals surface area (Å²) in [6.45, 7) is 0. The number of hydrogen-bond donors (Lipinski definition) is 2. The average Bonchev–Trinajstić information content (AvgIpc) is 2.47. The molecule has 2 aromatic carbocycles. The first-order chi connectivity index (χ1) is 10.3. The molecule has 0 fully saturated rings. The molecule has 0 heterocycles.